The van der Waals surface area contributed by atoms with E-state index in [2.05, 4.69) is 20.8 Å². The van der Waals surface area contributed by atoms with E-state index < -0.39 is 17.4 Å². The van der Waals surface area contributed by atoms with Gasteiger partial charge < -0.3 is 14.9 Å². The molecule has 0 unspecified atom stereocenters. The van der Waals surface area contributed by atoms with Gasteiger partial charge in [-0.25, -0.2) is 0 Å². The Kier molecular flexibility index (Phi) is 7.00. The first-order valence-electron chi connectivity index (χ1n) is 13.7. The molecule has 4 rings (SSSR count). The molecule has 4 saturated carbocycles. The molecule has 0 radical (unpaired) electrons. The molecule has 4 fully saturated rings. The molecular weight excluding hydrogens is 441 g/mol. The van der Waals surface area contributed by atoms with Crippen molar-refractivity contribution in [1.29, 1.82) is 0 Å². The minimum atomic E-state index is -4.62. The third kappa shape index (κ3) is 4.26. The standard InChI is InChI=1S/C28H47F3O3/c1-6-27(33)16-15-24(2)18(17-27)7-8-19-20-9-10-22(25(20,3)13-11-21(19)24)23(34-5)12-14-26(4,32)28(29,30)31/h18-23,32-33H,6-17H2,1-5H3/t18-,19-,20-,21-,22+,23+,24-,25-,26+,27-/m0/s1. The highest BCUT2D eigenvalue weighted by molar-refractivity contribution is 5.11. The lowest BCUT2D eigenvalue weighted by Gasteiger charge is -2.62. The van der Waals surface area contributed by atoms with E-state index in [1.165, 1.54) is 19.3 Å². The van der Waals surface area contributed by atoms with Gasteiger partial charge in [-0.15, -0.1) is 0 Å². The van der Waals surface area contributed by atoms with Crippen molar-refractivity contribution in [3.05, 3.63) is 0 Å². The van der Waals surface area contributed by atoms with Gasteiger partial charge in [-0.1, -0.05) is 20.8 Å². The highest BCUT2D eigenvalue weighted by atomic mass is 19.4. The van der Waals surface area contributed by atoms with Crippen molar-refractivity contribution in [3.63, 3.8) is 0 Å². The SMILES string of the molecule is CC[C@]1(O)CC[C@@]2(C)[C@@H](CC[C@@H]3[C@@H]2CC[C@]2(C)[C@@H]([C@@H](CC[C@@](C)(O)C(F)(F)F)OC)CC[C@@H]32)C1. The minimum Gasteiger partial charge on any atom is -0.390 e. The van der Waals surface area contributed by atoms with Gasteiger partial charge in [0.25, 0.3) is 0 Å². The van der Waals surface area contributed by atoms with Gasteiger partial charge in [-0.3, -0.25) is 0 Å². The van der Waals surface area contributed by atoms with E-state index in [1.54, 1.807) is 7.11 Å². The lowest BCUT2D eigenvalue weighted by Crippen LogP contribution is -2.56. The smallest absolute Gasteiger partial charge is 0.390 e. The Bertz CT molecular complexity index is 739. The Labute approximate surface area is 204 Å². The van der Waals surface area contributed by atoms with Crippen LogP contribution in [0.25, 0.3) is 0 Å². The number of hydrogen-bond acceptors (Lipinski definition) is 3. The molecule has 34 heavy (non-hydrogen) atoms. The predicted octanol–water partition coefficient (Wildman–Crippen LogP) is 6.89. The zero-order chi connectivity index (χ0) is 25.2. The number of methoxy groups -OCH3 is 1. The largest absolute Gasteiger partial charge is 0.416 e. The molecule has 3 nitrogen and oxygen atoms in total. The van der Waals surface area contributed by atoms with Gasteiger partial charge in [0.2, 0.25) is 0 Å². The van der Waals surface area contributed by atoms with Crippen LogP contribution in [0.2, 0.25) is 0 Å². The van der Waals surface area contributed by atoms with Gasteiger partial charge in [0, 0.05) is 7.11 Å². The van der Waals surface area contributed by atoms with E-state index in [9.17, 15) is 23.4 Å². The van der Waals surface area contributed by atoms with Gasteiger partial charge in [-0.05, 0) is 124 Å². The number of ether oxygens (including phenoxy) is 1. The molecule has 0 aromatic carbocycles. The van der Waals surface area contributed by atoms with Crippen LogP contribution in [-0.2, 0) is 4.74 Å². The molecule has 4 aliphatic carbocycles. The molecule has 0 saturated heterocycles. The lowest BCUT2D eigenvalue weighted by molar-refractivity contribution is -0.257. The van der Waals surface area contributed by atoms with E-state index in [0.29, 0.717) is 29.1 Å². The summed E-state index contributed by atoms with van der Waals surface area (Å²) in [4.78, 5) is 0. The van der Waals surface area contributed by atoms with Crippen LogP contribution < -0.4 is 0 Å². The summed E-state index contributed by atoms with van der Waals surface area (Å²) < 4.78 is 45.5. The summed E-state index contributed by atoms with van der Waals surface area (Å²) in [7, 11) is 1.62. The van der Waals surface area contributed by atoms with Crippen molar-refractivity contribution in [2.45, 2.75) is 128 Å². The minimum absolute atomic E-state index is 0.0912. The number of rotatable bonds is 6. The summed E-state index contributed by atoms with van der Waals surface area (Å²) in [6, 6.07) is 0. The molecule has 0 aromatic heterocycles. The normalized spacial score (nSPS) is 47.3. The van der Waals surface area contributed by atoms with Crippen LogP contribution in [-0.4, -0.2) is 40.8 Å². The first-order chi connectivity index (χ1) is 15.7. The van der Waals surface area contributed by atoms with E-state index >= 15 is 0 Å². The van der Waals surface area contributed by atoms with Crippen molar-refractivity contribution < 1.29 is 28.1 Å². The van der Waals surface area contributed by atoms with Crippen LogP contribution >= 0.6 is 0 Å². The van der Waals surface area contributed by atoms with E-state index in [0.717, 1.165) is 51.9 Å². The van der Waals surface area contributed by atoms with E-state index in [4.69, 9.17) is 4.74 Å². The maximum absolute atomic E-state index is 13.2. The molecule has 4 aliphatic rings. The van der Waals surface area contributed by atoms with Crippen LogP contribution in [0.15, 0.2) is 0 Å². The van der Waals surface area contributed by atoms with Gasteiger partial charge in [-0.2, -0.15) is 13.2 Å². The molecular formula is C28H47F3O3. The van der Waals surface area contributed by atoms with Crippen molar-refractivity contribution in [2.75, 3.05) is 7.11 Å². The molecule has 6 heteroatoms. The topological polar surface area (TPSA) is 49.7 Å². The molecule has 0 heterocycles. The molecule has 0 aromatic rings. The molecule has 10 atom stereocenters. The summed E-state index contributed by atoms with van der Waals surface area (Å²) in [5, 5.41) is 21.0. The zero-order valence-corrected chi connectivity index (χ0v) is 21.9. The van der Waals surface area contributed by atoms with E-state index in [-0.39, 0.29) is 30.3 Å². The van der Waals surface area contributed by atoms with Crippen molar-refractivity contribution in [3.8, 4) is 0 Å². The van der Waals surface area contributed by atoms with E-state index in [1.807, 2.05) is 0 Å². The first kappa shape index (κ1) is 26.7. The second-order valence-corrected chi connectivity index (χ2v) is 13.3. The average molecular weight is 489 g/mol. The van der Waals surface area contributed by atoms with Crippen LogP contribution in [0.4, 0.5) is 13.2 Å². The highest BCUT2D eigenvalue weighted by Crippen LogP contribution is 2.68. The third-order valence-corrected chi connectivity index (χ3v) is 11.8. The van der Waals surface area contributed by atoms with Crippen LogP contribution in [0, 0.1) is 40.4 Å². The van der Waals surface area contributed by atoms with Crippen molar-refractivity contribution in [1.82, 2.24) is 0 Å². The maximum Gasteiger partial charge on any atom is 0.416 e. The molecule has 198 valence electrons. The summed E-state index contributed by atoms with van der Waals surface area (Å²) in [6.45, 7) is 7.87. The van der Waals surface area contributed by atoms with Crippen LogP contribution in [0.5, 0.6) is 0 Å². The van der Waals surface area contributed by atoms with Crippen molar-refractivity contribution >= 4 is 0 Å². The summed E-state index contributed by atoms with van der Waals surface area (Å²) in [6.07, 6.45) is 5.71. The Balaban J connectivity index is 1.48. The maximum atomic E-state index is 13.2. The van der Waals surface area contributed by atoms with Gasteiger partial charge >= 0.3 is 6.18 Å². The molecule has 2 N–H and O–H groups in total. The predicted molar refractivity (Wildman–Crippen MR) is 127 cm³/mol. The van der Waals surface area contributed by atoms with Gasteiger partial charge in [0.05, 0.1) is 11.7 Å². The number of hydrogen-bond donors (Lipinski definition) is 2. The molecule has 0 spiro atoms. The first-order valence-corrected chi connectivity index (χ1v) is 13.7. The second-order valence-electron chi connectivity index (χ2n) is 13.3. The summed E-state index contributed by atoms with van der Waals surface area (Å²) in [5.74, 6) is 2.81. The molecule has 0 bridgehead atoms. The van der Waals surface area contributed by atoms with Gasteiger partial charge in [0.1, 0.15) is 0 Å². The fraction of sp³-hybridized carbons (Fsp3) is 1.00. The summed E-state index contributed by atoms with van der Waals surface area (Å²) in [5.41, 5.74) is -2.76. The molecule has 0 aliphatic heterocycles. The Morgan fingerprint density at radius 1 is 0.971 bits per heavy atom. The Hall–Kier alpha value is -0.330. The average Bonchev–Trinajstić information content (AvgIpc) is 3.11. The molecule has 0 amide bonds. The number of halogens is 3. The Morgan fingerprint density at radius 3 is 2.26 bits per heavy atom. The van der Waals surface area contributed by atoms with Crippen LogP contribution in [0.3, 0.4) is 0 Å². The van der Waals surface area contributed by atoms with Gasteiger partial charge in [0.15, 0.2) is 5.60 Å². The van der Waals surface area contributed by atoms with Crippen molar-refractivity contribution in [2.24, 2.45) is 40.4 Å². The number of aliphatic hydroxyl groups is 2. The number of fused-ring (bicyclic) bond motifs is 5. The fourth-order valence-corrected chi connectivity index (χ4v) is 9.34. The fourth-order valence-electron chi connectivity index (χ4n) is 9.34. The van der Waals surface area contributed by atoms with Crippen LogP contribution in [0.1, 0.15) is 105 Å². The monoisotopic (exact) mass is 488 g/mol. The lowest BCUT2D eigenvalue weighted by atomic mass is 9.43. The Morgan fingerprint density at radius 2 is 1.65 bits per heavy atom. The quantitative estimate of drug-likeness (QED) is 0.428. The highest BCUT2D eigenvalue weighted by Gasteiger charge is 2.62. The zero-order valence-electron chi connectivity index (χ0n) is 21.9. The number of alkyl halides is 3. The summed E-state index contributed by atoms with van der Waals surface area (Å²) >= 11 is 0. The third-order valence-electron chi connectivity index (χ3n) is 11.8. The second kappa shape index (κ2) is 8.90.